The van der Waals surface area contributed by atoms with Gasteiger partial charge in [0.15, 0.2) is 0 Å². The van der Waals surface area contributed by atoms with Crippen LogP contribution in [0.25, 0.3) is 0 Å². The fraction of sp³-hybridized carbons (Fsp3) is 0.786. The van der Waals surface area contributed by atoms with Crippen LogP contribution in [0.1, 0.15) is 38.1 Å². The third-order valence-electron chi connectivity index (χ3n) is 4.15. The summed E-state index contributed by atoms with van der Waals surface area (Å²) in [5.41, 5.74) is 8.50. The first-order chi connectivity index (χ1) is 8.60. The minimum absolute atomic E-state index is 0.343. The van der Waals surface area contributed by atoms with Crippen molar-refractivity contribution in [3.63, 3.8) is 0 Å². The van der Waals surface area contributed by atoms with Crippen LogP contribution < -0.4 is 5.73 Å². The summed E-state index contributed by atoms with van der Waals surface area (Å²) in [4.78, 5) is 2.52. The Bertz CT molecular complexity index is 375. The number of likely N-dealkylation sites (tertiary alicyclic amines) is 1. The number of hydrogen-bond donors (Lipinski definition) is 1. The second-order valence-electron chi connectivity index (χ2n) is 5.58. The molecule has 2 rings (SSSR count). The van der Waals surface area contributed by atoms with E-state index < -0.39 is 0 Å². The van der Waals surface area contributed by atoms with E-state index in [2.05, 4.69) is 29.9 Å². The van der Waals surface area contributed by atoms with Gasteiger partial charge in [0.2, 0.25) is 0 Å². The molecule has 1 unspecified atom stereocenters. The fourth-order valence-electron chi connectivity index (χ4n) is 2.76. The minimum Gasteiger partial charge on any atom is -0.328 e. The van der Waals surface area contributed by atoms with Crippen LogP contribution in [0.3, 0.4) is 0 Å². The molecule has 1 saturated heterocycles. The smallest absolute Gasteiger partial charge is 0.0625 e. The van der Waals surface area contributed by atoms with E-state index in [-0.39, 0.29) is 0 Å². The molecule has 2 N–H and O–H groups in total. The molecule has 0 amide bonds. The van der Waals surface area contributed by atoms with Crippen molar-refractivity contribution < 1.29 is 0 Å². The van der Waals surface area contributed by atoms with Crippen LogP contribution in [-0.4, -0.2) is 33.8 Å². The summed E-state index contributed by atoms with van der Waals surface area (Å²) >= 11 is 0. The van der Waals surface area contributed by atoms with E-state index in [1.54, 1.807) is 0 Å². The second-order valence-corrected chi connectivity index (χ2v) is 5.58. The summed E-state index contributed by atoms with van der Waals surface area (Å²) in [6.07, 6.45) is 3.48. The molecule has 1 aliphatic rings. The van der Waals surface area contributed by atoms with Crippen LogP contribution >= 0.6 is 0 Å². The summed E-state index contributed by atoms with van der Waals surface area (Å²) < 4.78 is 2.02. The van der Waals surface area contributed by atoms with Crippen molar-refractivity contribution >= 4 is 0 Å². The largest absolute Gasteiger partial charge is 0.328 e. The predicted molar refractivity (Wildman–Crippen MR) is 74.2 cm³/mol. The van der Waals surface area contributed by atoms with E-state index in [1.165, 1.54) is 37.3 Å². The van der Waals surface area contributed by atoms with Crippen LogP contribution in [-0.2, 0) is 20.0 Å². The molecule has 4 heteroatoms. The van der Waals surface area contributed by atoms with Crippen molar-refractivity contribution in [3.05, 3.63) is 17.5 Å². The molecule has 102 valence electrons. The lowest BCUT2D eigenvalue weighted by Gasteiger charge is -2.33. The van der Waals surface area contributed by atoms with Crippen molar-refractivity contribution in [3.8, 4) is 0 Å². The van der Waals surface area contributed by atoms with Crippen LogP contribution in [0.2, 0.25) is 0 Å². The van der Waals surface area contributed by atoms with Gasteiger partial charge in [0, 0.05) is 19.6 Å². The molecule has 0 radical (unpaired) electrons. The zero-order valence-electron chi connectivity index (χ0n) is 11.9. The predicted octanol–water partition coefficient (Wildman–Crippen LogP) is 1.54. The highest BCUT2D eigenvalue weighted by Gasteiger charge is 2.22. The highest BCUT2D eigenvalue weighted by molar-refractivity contribution is 5.10. The van der Waals surface area contributed by atoms with Gasteiger partial charge >= 0.3 is 0 Å². The molecule has 2 heterocycles. The number of hydrogen-bond acceptors (Lipinski definition) is 3. The van der Waals surface area contributed by atoms with Crippen LogP contribution in [0.15, 0.2) is 6.07 Å². The van der Waals surface area contributed by atoms with Crippen molar-refractivity contribution in [2.45, 2.75) is 45.7 Å². The molecule has 0 aliphatic carbocycles. The monoisotopic (exact) mass is 250 g/mol. The molecule has 0 bridgehead atoms. The Morgan fingerprint density at radius 1 is 1.44 bits per heavy atom. The van der Waals surface area contributed by atoms with Gasteiger partial charge in [-0.3, -0.25) is 9.58 Å². The Morgan fingerprint density at radius 2 is 2.11 bits per heavy atom. The Morgan fingerprint density at radius 3 is 2.61 bits per heavy atom. The Labute approximate surface area is 110 Å². The van der Waals surface area contributed by atoms with Gasteiger partial charge in [0.25, 0.3) is 0 Å². The second kappa shape index (κ2) is 5.85. The number of rotatable bonds is 4. The van der Waals surface area contributed by atoms with Gasteiger partial charge in [-0.1, -0.05) is 6.92 Å². The van der Waals surface area contributed by atoms with E-state index in [0.717, 1.165) is 13.0 Å². The first kappa shape index (κ1) is 13.6. The molecule has 1 aromatic heterocycles. The molecular formula is C14H26N4. The SMILES string of the molecule is CCc1cc(CN2CCC(C(C)N)CC2)n(C)n1. The number of nitrogens with two attached hydrogens (primary N) is 1. The van der Waals surface area contributed by atoms with Crippen LogP contribution in [0.5, 0.6) is 0 Å². The lowest BCUT2D eigenvalue weighted by Crippen LogP contribution is -2.39. The van der Waals surface area contributed by atoms with Crippen molar-refractivity contribution in [2.75, 3.05) is 13.1 Å². The van der Waals surface area contributed by atoms with Gasteiger partial charge in [-0.15, -0.1) is 0 Å². The van der Waals surface area contributed by atoms with E-state index in [4.69, 9.17) is 5.73 Å². The summed E-state index contributed by atoms with van der Waals surface area (Å²) in [6.45, 7) is 7.64. The van der Waals surface area contributed by atoms with Crippen molar-refractivity contribution in [1.82, 2.24) is 14.7 Å². The first-order valence-corrected chi connectivity index (χ1v) is 7.10. The maximum atomic E-state index is 5.98. The van der Waals surface area contributed by atoms with E-state index >= 15 is 0 Å². The quantitative estimate of drug-likeness (QED) is 0.882. The third-order valence-corrected chi connectivity index (χ3v) is 4.15. The van der Waals surface area contributed by atoms with E-state index in [1.807, 2.05) is 11.7 Å². The van der Waals surface area contributed by atoms with Crippen LogP contribution in [0, 0.1) is 5.92 Å². The summed E-state index contributed by atoms with van der Waals surface area (Å²) in [5, 5.41) is 4.51. The van der Waals surface area contributed by atoms with Gasteiger partial charge in [0.05, 0.1) is 11.4 Å². The van der Waals surface area contributed by atoms with Gasteiger partial charge in [-0.05, 0) is 51.3 Å². The van der Waals surface area contributed by atoms with Crippen molar-refractivity contribution in [2.24, 2.45) is 18.7 Å². The lowest BCUT2D eigenvalue weighted by molar-refractivity contribution is 0.162. The van der Waals surface area contributed by atoms with E-state index in [9.17, 15) is 0 Å². The molecule has 1 fully saturated rings. The first-order valence-electron chi connectivity index (χ1n) is 7.10. The zero-order valence-corrected chi connectivity index (χ0v) is 11.9. The fourth-order valence-corrected chi connectivity index (χ4v) is 2.76. The maximum Gasteiger partial charge on any atom is 0.0625 e. The zero-order chi connectivity index (χ0) is 13.1. The molecule has 0 aromatic carbocycles. The third kappa shape index (κ3) is 3.12. The number of aromatic nitrogens is 2. The van der Waals surface area contributed by atoms with Crippen LogP contribution in [0.4, 0.5) is 0 Å². The summed E-state index contributed by atoms with van der Waals surface area (Å²) in [5.74, 6) is 0.707. The number of piperidine rings is 1. The van der Waals surface area contributed by atoms with Gasteiger partial charge in [0.1, 0.15) is 0 Å². The Balaban J connectivity index is 1.89. The molecule has 1 aliphatic heterocycles. The standard InChI is InChI=1S/C14H26N4/c1-4-13-9-14(17(3)16-13)10-18-7-5-12(6-8-18)11(2)15/h9,11-12H,4-8,10,15H2,1-3H3. The summed E-state index contributed by atoms with van der Waals surface area (Å²) in [7, 11) is 2.04. The molecule has 0 saturated carbocycles. The van der Waals surface area contributed by atoms with Crippen molar-refractivity contribution in [1.29, 1.82) is 0 Å². The molecule has 4 nitrogen and oxygen atoms in total. The highest BCUT2D eigenvalue weighted by Crippen LogP contribution is 2.21. The maximum absolute atomic E-state index is 5.98. The normalized spacial score (nSPS) is 20.2. The lowest BCUT2D eigenvalue weighted by atomic mass is 9.91. The molecule has 18 heavy (non-hydrogen) atoms. The number of nitrogens with zero attached hydrogens (tertiary/aromatic N) is 3. The minimum atomic E-state index is 0.343. The molecule has 0 spiro atoms. The Hall–Kier alpha value is -0.870. The molecule has 1 aromatic rings. The van der Waals surface area contributed by atoms with Gasteiger partial charge in [-0.25, -0.2) is 0 Å². The average molecular weight is 250 g/mol. The average Bonchev–Trinajstić information content (AvgIpc) is 2.71. The summed E-state index contributed by atoms with van der Waals surface area (Å²) in [6, 6.07) is 2.58. The van der Waals surface area contributed by atoms with Gasteiger partial charge < -0.3 is 5.73 Å². The molecule has 1 atom stereocenters. The Kier molecular flexibility index (Phi) is 4.40. The van der Waals surface area contributed by atoms with E-state index in [0.29, 0.717) is 12.0 Å². The van der Waals surface area contributed by atoms with Gasteiger partial charge in [-0.2, -0.15) is 5.10 Å². The number of aryl methyl sites for hydroxylation is 2. The molecular weight excluding hydrogens is 224 g/mol. The topological polar surface area (TPSA) is 47.1 Å². The highest BCUT2D eigenvalue weighted by atomic mass is 15.3.